The number of fused-ring (bicyclic) bond motifs is 1. The number of unbranched alkanes of at least 4 members (excludes halogenated alkanes) is 1. The minimum atomic E-state index is -0.772. The van der Waals surface area contributed by atoms with Crippen molar-refractivity contribution in [2.45, 2.75) is 90.3 Å². The number of rotatable bonds is 19. The molecule has 258 valence electrons. The Hall–Kier alpha value is -4.08. The summed E-state index contributed by atoms with van der Waals surface area (Å²) in [7, 11) is 0. The van der Waals surface area contributed by atoms with Crippen LogP contribution in [0, 0.1) is 17.8 Å². The molecule has 0 unspecified atom stereocenters. The average molecular weight is 656 g/mol. The van der Waals surface area contributed by atoms with Gasteiger partial charge in [0.15, 0.2) is 11.6 Å². The molecule has 0 radical (unpaired) electrons. The van der Waals surface area contributed by atoms with Crippen molar-refractivity contribution >= 4 is 23.4 Å². The molecule has 0 fully saturated rings. The van der Waals surface area contributed by atoms with Crippen LogP contribution in [-0.4, -0.2) is 58.4 Å². The Kier molecular flexibility index (Phi) is 14.1. The largest absolute Gasteiger partial charge is 0.365 e. The summed E-state index contributed by atoms with van der Waals surface area (Å²) in [6.07, 6.45) is 5.90. The Labute approximate surface area is 285 Å². The molecule has 0 bridgehead atoms. The van der Waals surface area contributed by atoms with E-state index in [0.29, 0.717) is 45.3 Å². The summed E-state index contributed by atoms with van der Waals surface area (Å²) in [5, 5.41) is 3.03. The van der Waals surface area contributed by atoms with E-state index in [9.17, 15) is 19.2 Å². The lowest BCUT2D eigenvalue weighted by Gasteiger charge is -2.31. The first-order valence-corrected chi connectivity index (χ1v) is 17.5. The molecule has 6 N–H and O–H groups in total. The molecular formula is C39H53N5O4. The molecule has 0 spiro atoms. The molecule has 9 nitrogen and oxygen atoms in total. The zero-order chi connectivity index (χ0) is 34.5. The number of hydrogen-bond donors (Lipinski definition) is 4. The van der Waals surface area contributed by atoms with Crippen LogP contribution in [0.2, 0.25) is 0 Å². The lowest BCUT2D eigenvalue weighted by molar-refractivity contribution is -0.140. The van der Waals surface area contributed by atoms with E-state index in [-0.39, 0.29) is 42.1 Å². The first-order valence-electron chi connectivity index (χ1n) is 17.5. The molecule has 9 heteroatoms. The lowest BCUT2D eigenvalue weighted by Crippen LogP contribution is -2.47. The van der Waals surface area contributed by atoms with E-state index in [1.165, 1.54) is 0 Å². The third-order valence-electron chi connectivity index (χ3n) is 9.31. The van der Waals surface area contributed by atoms with Gasteiger partial charge in [0.2, 0.25) is 11.8 Å². The number of nitrogens with two attached hydrogens (primary N) is 2. The number of benzene rings is 2. The number of hydrogen-bond acceptors (Lipinski definition) is 6. The van der Waals surface area contributed by atoms with Gasteiger partial charge in [0.1, 0.15) is 0 Å². The van der Waals surface area contributed by atoms with Crippen molar-refractivity contribution in [3.05, 3.63) is 95.3 Å². The highest BCUT2D eigenvalue weighted by Gasteiger charge is 2.34. The standard InChI is InChI=1S/C39H53N5O4/c1-27(2)21-35(37(46)24-30(15-9-10-18-40)39(48)44-20-17-34-31(26-44)16-19-42-34)43-38(47)32(22-28-11-5-3-6-12-28)25-36(45)33(41)23-29-13-7-4-8-14-29/h3-8,11-14,16,19,27,30,32-33,35,42H,9-10,15,17-18,20-26,40-41H2,1-2H3,(H,43,47)/t30-,32-,33+,35+/m0/s1. The molecule has 4 rings (SSSR count). The Morgan fingerprint density at radius 2 is 1.50 bits per heavy atom. The van der Waals surface area contributed by atoms with Crippen LogP contribution < -0.4 is 16.8 Å². The number of aromatic nitrogens is 1. The normalized spacial score (nSPS) is 15.3. The molecule has 48 heavy (non-hydrogen) atoms. The quantitative estimate of drug-likeness (QED) is 0.139. The number of carbonyl (C=O) groups excluding carboxylic acids is 4. The molecule has 1 aromatic heterocycles. The van der Waals surface area contributed by atoms with Gasteiger partial charge in [-0.25, -0.2) is 0 Å². The van der Waals surface area contributed by atoms with Crippen LogP contribution in [0.15, 0.2) is 72.9 Å². The second-order valence-corrected chi connectivity index (χ2v) is 13.7. The van der Waals surface area contributed by atoms with Gasteiger partial charge in [0.05, 0.1) is 12.1 Å². The van der Waals surface area contributed by atoms with Gasteiger partial charge in [-0.2, -0.15) is 0 Å². The fourth-order valence-corrected chi connectivity index (χ4v) is 6.59. The summed E-state index contributed by atoms with van der Waals surface area (Å²) in [5.41, 5.74) is 16.2. The summed E-state index contributed by atoms with van der Waals surface area (Å²) in [5.74, 6) is -1.80. The zero-order valence-corrected chi connectivity index (χ0v) is 28.5. The molecule has 2 aromatic carbocycles. The van der Waals surface area contributed by atoms with Gasteiger partial charge in [-0.05, 0) is 67.3 Å². The van der Waals surface area contributed by atoms with Crippen molar-refractivity contribution in [3.8, 4) is 0 Å². The first kappa shape index (κ1) is 36.8. The number of carbonyl (C=O) groups is 4. The monoisotopic (exact) mass is 655 g/mol. The van der Waals surface area contributed by atoms with Gasteiger partial charge in [-0.1, -0.05) is 80.9 Å². The number of H-pyrrole nitrogens is 1. The van der Waals surface area contributed by atoms with Crippen LogP contribution in [0.25, 0.3) is 0 Å². The zero-order valence-electron chi connectivity index (χ0n) is 28.5. The summed E-state index contributed by atoms with van der Waals surface area (Å²) >= 11 is 0. The predicted molar refractivity (Wildman–Crippen MR) is 189 cm³/mol. The van der Waals surface area contributed by atoms with Crippen LogP contribution in [0.3, 0.4) is 0 Å². The van der Waals surface area contributed by atoms with Gasteiger partial charge >= 0.3 is 0 Å². The highest BCUT2D eigenvalue weighted by Crippen LogP contribution is 2.25. The average Bonchev–Trinajstić information content (AvgIpc) is 3.56. The van der Waals surface area contributed by atoms with Gasteiger partial charge in [-0.15, -0.1) is 0 Å². The molecule has 0 aliphatic carbocycles. The van der Waals surface area contributed by atoms with E-state index in [1.54, 1.807) is 0 Å². The molecule has 2 heterocycles. The third kappa shape index (κ3) is 11.0. The molecule has 1 aliphatic heterocycles. The highest BCUT2D eigenvalue weighted by molar-refractivity contribution is 5.94. The SMILES string of the molecule is CC(C)C[C@@H](NC(=O)[C@H](CC(=O)[C@H](N)Cc1ccccc1)Cc1ccccc1)C(=O)C[C@H](CCCCN)C(=O)N1CCc2[nH]ccc2C1. The van der Waals surface area contributed by atoms with Gasteiger partial charge in [0.25, 0.3) is 0 Å². The van der Waals surface area contributed by atoms with Gasteiger partial charge in [-0.3, -0.25) is 19.2 Å². The maximum atomic E-state index is 14.0. The van der Waals surface area contributed by atoms with Crippen LogP contribution in [0.4, 0.5) is 0 Å². The van der Waals surface area contributed by atoms with E-state index < -0.39 is 23.9 Å². The molecular weight excluding hydrogens is 602 g/mol. The van der Waals surface area contributed by atoms with Crippen molar-refractivity contribution < 1.29 is 19.2 Å². The maximum absolute atomic E-state index is 14.0. The van der Waals surface area contributed by atoms with E-state index >= 15 is 0 Å². The van der Waals surface area contributed by atoms with Crippen LogP contribution in [0.5, 0.6) is 0 Å². The fraction of sp³-hybridized carbons (Fsp3) is 0.487. The number of amides is 2. The van der Waals surface area contributed by atoms with E-state index in [2.05, 4.69) is 10.3 Å². The third-order valence-corrected chi connectivity index (χ3v) is 9.31. The molecule has 4 atom stereocenters. The summed E-state index contributed by atoms with van der Waals surface area (Å²) in [6.45, 7) is 5.65. The molecule has 1 aliphatic rings. The molecule has 3 aromatic rings. The van der Waals surface area contributed by atoms with E-state index in [0.717, 1.165) is 41.6 Å². The maximum Gasteiger partial charge on any atom is 0.226 e. The molecule has 0 saturated heterocycles. The molecule has 0 saturated carbocycles. The van der Waals surface area contributed by atoms with Crippen LogP contribution >= 0.6 is 0 Å². The topological polar surface area (TPSA) is 151 Å². The Balaban J connectivity index is 1.48. The second kappa shape index (κ2) is 18.5. The van der Waals surface area contributed by atoms with E-state index in [1.807, 2.05) is 91.7 Å². The van der Waals surface area contributed by atoms with Crippen molar-refractivity contribution in [2.24, 2.45) is 29.2 Å². The van der Waals surface area contributed by atoms with Crippen molar-refractivity contribution in [1.82, 2.24) is 15.2 Å². The van der Waals surface area contributed by atoms with Crippen molar-refractivity contribution in [2.75, 3.05) is 13.1 Å². The highest BCUT2D eigenvalue weighted by atomic mass is 16.2. The Morgan fingerprint density at radius 3 is 2.15 bits per heavy atom. The fourth-order valence-electron chi connectivity index (χ4n) is 6.59. The lowest BCUT2D eigenvalue weighted by atomic mass is 9.87. The molecule has 2 amide bonds. The number of nitrogens with zero attached hydrogens (tertiary/aromatic N) is 1. The Bertz CT molecular complexity index is 1470. The van der Waals surface area contributed by atoms with Crippen molar-refractivity contribution in [1.29, 1.82) is 0 Å². The smallest absolute Gasteiger partial charge is 0.226 e. The summed E-state index contributed by atoms with van der Waals surface area (Å²) in [4.78, 5) is 60.3. The van der Waals surface area contributed by atoms with Gasteiger partial charge in [0, 0.05) is 56.1 Å². The second-order valence-electron chi connectivity index (χ2n) is 13.7. The number of Topliss-reactive ketones (excluding diaryl/α,β-unsaturated/α-hetero) is 2. The van der Waals surface area contributed by atoms with Crippen LogP contribution in [-0.2, 0) is 45.0 Å². The number of ketones is 2. The first-order chi connectivity index (χ1) is 23.1. The number of nitrogens with one attached hydrogen (secondary N) is 2. The number of aromatic amines is 1. The van der Waals surface area contributed by atoms with Gasteiger partial charge < -0.3 is 26.7 Å². The minimum absolute atomic E-state index is 0.0261. The Morgan fingerprint density at radius 1 is 0.854 bits per heavy atom. The van der Waals surface area contributed by atoms with E-state index in [4.69, 9.17) is 11.5 Å². The van der Waals surface area contributed by atoms with Crippen LogP contribution in [0.1, 0.15) is 74.8 Å². The predicted octanol–water partition coefficient (Wildman–Crippen LogP) is 4.52. The summed E-state index contributed by atoms with van der Waals surface area (Å²) in [6, 6.07) is 19.6. The van der Waals surface area contributed by atoms with Crippen molar-refractivity contribution in [3.63, 3.8) is 0 Å². The minimum Gasteiger partial charge on any atom is -0.365 e. The summed E-state index contributed by atoms with van der Waals surface area (Å²) < 4.78 is 0.